The van der Waals surface area contributed by atoms with Crippen LogP contribution in [0.25, 0.3) is 10.4 Å². The van der Waals surface area contributed by atoms with Crippen molar-refractivity contribution < 1.29 is 14.3 Å². The van der Waals surface area contributed by atoms with E-state index in [9.17, 15) is 4.79 Å². The van der Waals surface area contributed by atoms with Gasteiger partial charge in [-0.2, -0.15) is 0 Å². The Labute approximate surface area is 104 Å². The summed E-state index contributed by atoms with van der Waals surface area (Å²) < 4.78 is 9.67. The van der Waals surface area contributed by atoms with E-state index in [1.807, 2.05) is 0 Å². The third-order valence-electron chi connectivity index (χ3n) is 2.24. The highest BCUT2D eigenvalue weighted by Crippen LogP contribution is 2.13. The van der Waals surface area contributed by atoms with Gasteiger partial charge in [0.15, 0.2) is 6.73 Å². The summed E-state index contributed by atoms with van der Waals surface area (Å²) in [6.45, 7) is -0.0580. The van der Waals surface area contributed by atoms with Crippen molar-refractivity contribution >= 4 is 5.97 Å². The zero-order valence-corrected chi connectivity index (χ0v) is 9.94. The third kappa shape index (κ3) is 4.32. The molecular weight excluding hydrogens is 236 g/mol. The smallest absolute Gasteiger partial charge is 0.322 e. The molecule has 0 aromatic heterocycles. The number of azide groups is 1. The molecule has 0 aliphatic heterocycles. The van der Waals surface area contributed by atoms with Gasteiger partial charge in [0.1, 0.15) is 11.8 Å². The zero-order chi connectivity index (χ0) is 13.4. The van der Waals surface area contributed by atoms with Crippen molar-refractivity contribution in [3.8, 4) is 5.75 Å². The van der Waals surface area contributed by atoms with Gasteiger partial charge >= 0.3 is 5.97 Å². The van der Waals surface area contributed by atoms with Crippen LogP contribution in [0.3, 0.4) is 0 Å². The van der Waals surface area contributed by atoms with Gasteiger partial charge in [-0.3, -0.25) is 4.79 Å². The summed E-state index contributed by atoms with van der Waals surface area (Å²) in [4.78, 5) is 13.7. The molecule has 2 N–H and O–H groups in total. The normalized spacial score (nSPS) is 11.2. The van der Waals surface area contributed by atoms with Gasteiger partial charge in [-0.05, 0) is 29.6 Å². The van der Waals surface area contributed by atoms with Gasteiger partial charge in [-0.1, -0.05) is 17.2 Å². The molecule has 1 aromatic carbocycles. The van der Waals surface area contributed by atoms with Crippen LogP contribution in [0.2, 0.25) is 0 Å². The summed E-state index contributed by atoms with van der Waals surface area (Å²) in [6.07, 6.45) is 0.392. The third-order valence-corrected chi connectivity index (χ3v) is 2.24. The minimum atomic E-state index is -0.676. The molecule has 1 aromatic rings. The van der Waals surface area contributed by atoms with Crippen molar-refractivity contribution in [1.82, 2.24) is 0 Å². The standard InChI is InChI=1S/C11H14N4O3/c1-17-11(16)10(12)6-8-2-4-9(5-3-8)18-7-14-15-13/h2-5,10H,6-7,12H2,1H3/t10-/m0/s1. The molecule has 0 saturated heterocycles. The SMILES string of the molecule is COC(=O)[C@@H](N)Cc1ccc(OCN=[N+]=[N-])cc1. The first-order valence-electron chi connectivity index (χ1n) is 5.23. The fourth-order valence-electron chi connectivity index (χ4n) is 1.34. The molecular formula is C11H14N4O3. The van der Waals surface area contributed by atoms with Gasteiger partial charge in [0.25, 0.3) is 0 Å². The number of ether oxygens (including phenoxy) is 2. The average Bonchev–Trinajstić information content (AvgIpc) is 2.40. The summed E-state index contributed by atoms with van der Waals surface area (Å²) in [5, 5.41) is 3.25. The van der Waals surface area contributed by atoms with Gasteiger partial charge in [-0.15, -0.1) is 0 Å². The molecule has 0 bridgehead atoms. The number of esters is 1. The summed E-state index contributed by atoms with van der Waals surface area (Å²) in [7, 11) is 1.30. The van der Waals surface area contributed by atoms with Gasteiger partial charge in [0.05, 0.1) is 7.11 Å². The largest absolute Gasteiger partial charge is 0.488 e. The minimum absolute atomic E-state index is 0.0580. The summed E-state index contributed by atoms with van der Waals surface area (Å²) in [5.74, 6) is 0.136. The van der Waals surface area contributed by atoms with E-state index in [-0.39, 0.29) is 6.73 Å². The second kappa shape index (κ2) is 7.16. The predicted octanol–water partition coefficient (Wildman–Crippen LogP) is 1.38. The lowest BCUT2D eigenvalue weighted by molar-refractivity contribution is -0.142. The molecule has 0 aliphatic rings. The van der Waals surface area contributed by atoms with Crippen molar-refractivity contribution in [2.45, 2.75) is 12.5 Å². The molecule has 0 aliphatic carbocycles. The lowest BCUT2D eigenvalue weighted by Gasteiger charge is -2.09. The Morgan fingerprint density at radius 1 is 1.50 bits per heavy atom. The van der Waals surface area contributed by atoms with E-state index in [1.165, 1.54) is 7.11 Å². The Kier molecular flexibility index (Phi) is 5.50. The van der Waals surface area contributed by atoms with Crippen molar-refractivity contribution in [2.24, 2.45) is 10.8 Å². The number of carbonyl (C=O) groups is 1. The van der Waals surface area contributed by atoms with Gasteiger partial charge < -0.3 is 15.2 Å². The number of carbonyl (C=O) groups excluding carboxylic acids is 1. The molecule has 1 atom stereocenters. The van der Waals surface area contributed by atoms with Crippen LogP contribution in [0.1, 0.15) is 5.56 Å². The second-order valence-electron chi connectivity index (χ2n) is 3.48. The van der Waals surface area contributed by atoms with E-state index in [2.05, 4.69) is 14.8 Å². The summed E-state index contributed by atoms with van der Waals surface area (Å²) >= 11 is 0. The van der Waals surface area contributed by atoms with Gasteiger partial charge in [0.2, 0.25) is 0 Å². The highest BCUT2D eigenvalue weighted by atomic mass is 16.5. The molecule has 7 nitrogen and oxygen atoms in total. The average molecular weight is 250 g/mol. The number of benzene rings is 1. The Balaban J connectivity index is 2.54. The number of nitrogens with zero attached hydrogens (tertiary/aromatic N) is 3. The van der Waals surface area contributed by atoms with Crippen molar-refractivity contribution in [3.63, 3.8) is 0 Å². The number of hydrogen-bond donors (Lipinski definition) is 1. The lowest BCUT2D eigenvalue weighted by atomic mass is 10.1. The number of nitrogens with two attached hydrogens (primary N) is 1. The maximum Gasteiger partial charge on any atom is 0.322 e. The van der Waals surface area contributed by atoms with E-state index in [1.54, 1.807) is 24.3 Å². The molecule has 0 fully saturated rings. The minimum Gasteiger partial charge on any atom is -0.488 e. The molecule has 1 rings (SSSR count). The molecule has 0 unspecified atom stereocenters. The van der Waals surface area contributed by atoms with E-state index >= 15 is 0 Å². The van der Waals surface area contributed by atoms with Crippen LogP contribution >= 0.6 is 0 Å². The van der Waals surface area contributed by atoms with Gasteiger partial charge in [-0.25, -0.2) is 0 Å². The van der Waals surface area contributed by atoms with Crippen LogP contribution in [0.4, 0.5) is 0 Å². The maximum absolute atomic E-state index is 11.1. The second-order valence-corrected chi connectivity index (χ2v) is 3.48. The van der Waals surface area contributed by atoms with E-state index in [0.717, 1.165) is 5.56 Å². The van der Waals surface area contributed by atoms with Crippen molar-refractivity contribution in [3.05, 3.63) is 40.3 Å². The monoisotopic (exact) mass is 250 g/mol. The fraction of sp³-hybridized carbons (Fsp3) is 0.364. The molecule has 96 valence electrons. The summed E-state index contributed by atoms with van der Waals surface area (Å²) in [6, 6.07) is 6.32. The highest BCUT2D eigenvalue weighted by molar-refractivity contribution is 5.75. The van der Waals surface area contributed by atoms with Crippen LogP contribution in [-0.4, -0.2) is 25.9 Å². The molecule has 0 amide bonds. The molecule has 0 radical (unpaired) electrons. The highest BCUT2D eigenvalue weighted by Gasteiger charge is 2.13. The molecule has 7 heteroatoms. The lowest BCUT2D eigenvalue weighted by Crippen LogP contribution is -2.33. The molecule has 0 spiro atoms. The van der Waals surface area contributed by atoms with Crippen LogP contribution in [-0.2, 0) is 16.0 Å². The first-order chi connectivity index (χ1) is 8.67. The van der Waals surface area contributed by atoms with Crippen molar-refractivity contribution in [2.75, 3.05) is 13.8 Å². The van der Waals surface area contributed by atoms with E-state index in [4.69, 9.17) is 16.0 Å². The molecule has 18 heavy (non-hydrogen) atoms. The zero-order valence-electron chi connectivity index (χ0n) is 9.94. The Morgan fingerprint density at radius 3 is 2.72 bits per heavy atom. The maximum atomic E-state index is 11.1. The van der Waals surface area contributed by atoms with Crippen LogP contribution in [0, 0.1) is 0 Å². The van der Waals surface area contributed by atoms with E-state index < -0.39 is 12.0 Å². The first-order valence-corrected chi connectivity index (χ1v) is 5.23. The van der Waals surface area contributed by atoms with Crippen LogP contribution < -0.4 is 10.5 Å². The summed E-state index contributed by atoms with van der Waals surface area (Å²) in [5.41, 5.74) is 14.6. The fourth-order valence-corrected chi connectivity index (χ4v) is 1.34. The number of hydrogen-bond acceptors (Lipinski definition) is 5. The number of rotatable bonds is 6. The number of methoxy groups -OCH3 is 1. The Bertz CT molecular complexity index is 440. The van der Waals surface area contributed by atoms with Crippen LogP contribution in [0.15, 0.2) is 29.4 Å². The topological polar surface area (TPSA) is 110 Å². The van der Waals surface area contributed by atoms with Crippen molar-refractivity contribution in [1.29, 1.82) is 0 Å². The molecule has 0 saturated carbocycles. The predicted molar refractivity (Wildman–Crippen MR) is 64.8 cm³/mol. The molecule has 0 heterocycles. The quantitative estimate of drug-likeness (QED) is 0.355. The first kappa shape index (κ1) is 13.8. The van der Waals surface area contributed by atoms with E-state index in [0.29, 0.717) is 12.2 Å². The Morgan fingerprint density at radius 2 is 2.17 bits per heavy atom. The van der Waals surface area contributed by atoms with Crippen LogP contribution in [0.5, 0.6) is 5.75 Å². The van der Waals surface area contributed by atoms with Gasteiger partial charge in [0, 0.05) is 4.91 Å². The Hall–Kier alpha value is -2.24.